The molecule has 0 saturated carbocycles. The summed E-state index contributed by atoms with van der Waals surface area (Å²) in [5, 5.41) is 3.21. The maximum Gasteiger partial charge on any atom is 0.411 e. The number of nitrogens with one attached hydrogen (secondary N) is 1. The summed E-state index contributed by atoms with van der Waals surface area (Å²) in [5.74, 6) is -1.17. The maximum atomic E-state index is 13.4. The third-order valence-electron chi connectivity index (χ3n) is 6.03. The molecule has 0 aliphatic carbocycles. The highest BCUT2D eigenvalue weighted by atomic mass is 35.5. The summed E-state index contributed by atoms with van der Waals surface area (Å²) in [6, 6.07) is 22.2. The molecule has 3 aromatic rings. The van der Waals surface area contributed by atoms with E-state index in [0.717, 1.165) is 16.7 Å². The molecule has 0 radical (unpaired) electrons. The van der Waals surface area contributed by atoms with Crippen molar-refractivity contribution in [1.29, 1.82) is 0 Å². The summed E-state index contributed by atoms with van der Waals surface area (Å²) in [5.41, 5.74) is 9.02. The monoisotopic (exact) mass is 491 g/mol. The van der Waals surface area contributed by atoms with Gasteiger partial charge in [0.1, 0.15) is 18.7 Å². The molecule has 0 bridgehead atoms. The molecule has 7 nitrogen and oxygen atoms in total. The van der Waals surface area contributed by atoms with Crippen molar-refractivity contribution in [2.75, 3.05) is 0 Å². The topological polar surface area (TPSA) is 102 Å². The van der Waals surface area contributed by atoms with Gasteiger partial charge in [0.25, 0.3) is 0 Å². The maximum absolute atomic E-state index is 13.4. The average Bonchev–Trinajstić information content (AvgIpc) is 2.87. The molecule has 2 atom stereocenters. The Morgan fingerprint density at radius 2 is 1.63 bits per heavy atom. The highest BCUT2D eigenvalue weighted by Crippen LogP contribution is 2.25. The lowest BCUT2D eigenvalue weighted by Gasteiger charge is -2.35. The van der Waals surface area contributed by atoms with E-state index in [1.165, 1.54) is 4.90 Å². The first kappa shape index (κ1) is 24.3. The minimum Gasteiger partial charge on any atom is -0.445 e. The Bertz CT molecular complexity index is 1220. The molecule has 35 heavy (non-hydrogen) atoms. The summed E-state index contributed by atoms with van der Waals surface area (Å²) in [4.78, 5) is 40.0. The van der Waals surface area contributed by atoms with Crippen molar-refractivity contribution in [3.8, 4) is 0 Å². The van der Waals surface area contributed by atoms with E-state index in [1.807, 2.05) is 54.6 Å². The Kier molecular flexibility index (Phi) is 7.67. The highest BCUT2D eigenvalue weighted by Gasteiger charge is 2.37. The molecular formula is C27H26ClN3O4. The van der Waals surface area contributed by atoms with Gasteiger partial charge >= 0.3 is 6.09 Å². The number of amides is 3. The number of benzene rings is 3. The van der Waals surface area contributed by atoms with Crippen molar-refractivity contribution in [3.05, 3.63) is 106 Å². The van der Waals surface area contributed by atoms with E-state index in [2.05, 4.69) is 5.32 Å². The molecule has 1 heterocycles. The molecule has 3 aromatic carbocycles. The van der Waals surface area contributed by atoms with E-state index in [4.69, 9.17) is 22.1 Å². The van der Waals surface area contributed by atoms with E-state index in [0.29, 0.717) is 17.0 Å². The van der Waals surface area contributed by atoms with Crippen LogP contribution >= 0.6 is 11.6 Å². The lowest BCUT2D eigenvalue weighted by atomic mass is 9.93. The van der Waals surface area contributed by atoms with Gasteiger partial charge in [0.2, 0.25) is 11.8 Å². The number of nitrogens with zero attached hydrogens (tertiary/aromatic N) is 1. The van der Waals surface area contributed by atoms with E-state index >= 15 is 0 Å². The average molecular weight is 492 g/mol. The van der Waals surface area contributed by atoms with Crippen molar-refractivity contribution >= 4 is 29.5 Å². The van der Waals surface area contributed by atoms with Gasteiger partial charge in [-0.25, -0.2) is 4.79 Å². The van der Waals surface area contributed by atoms with Crippen LogP contribution in [0.3, 0.4) is 0 Å². The molecule has 0 aromatic heterocycles. The van der Waals surface area contributed by atoms with Gasteiger partial charge in [0, 0.05) is 17.9 Å². The fourth-order valence-corrected chi connectivity index (χ4v) is 4.34. The van der Waals surface area contributed by atoms with Crippen LogP contribution in [0, 0.1) is 0 Å². The molecule has 1 aliphatic heterocycles. The van der Waals surface area contributed by atoms with Gasteiger partial charge in [-0.3, -0.25) is 14.5 Å². The van der Waals surface area contributed by atoms with Crippen molar-refractivity contribution in [2.45, 2.75) is 38.1 Å². The zero-order valence-corrected chi connectivity index (χ0v) is 19.8. The number of hydrogen-bond donors (Lipinski definition) is 2. The highest BCUT2D eigenvalue weighted by molar-refractivity contribution is 6.31. The van der Waals surface area contributed by atoms with Crippen LogP contribution in [0.5, 0.6) is 0 Å². The first-order chi connectivity index (χ1) is 16.9. The Morgan fingerprint density at radius 3 is 2.34 bits per heavy atom. The van der Waals surface area contributed by atoms with Gasteiger partial charge in [-0.1, -0.05) is 84.4 Å². The summed E-state index contributed by atoms with van der Waals surface area (Å²) in [6.45, 7) is 0.302. The molecule has 0 unspecified atom stereocenters. The Balaban J connectivity index is 1.52. The minimum absolute atomic E-state index is 0.0859. The molecule has 8 heteroatoms. The van der Waals surface area contributed by atoms with E-state index in [-0.39, 0.29) is 19.6 Å². The summed E-state index contributed by atoms with van der Waals surface area (Å²) in [6.07, 6.45) is -0.173. The summed E-state index contributed by atoms with van der Waals surface area (Å²) < 4.78 is 5.52. The van der Waals surface area contributed by atoms with Gasteiger partial charge in [0.15, 0.2) is 0 Å². The van der Waals surface area contributed by atoms with Gasteiger partial charge in [-0.2, -0.15) is 0 Å². The number of rotatable bonds is 7. The normalized spacial score (nSPS) is 15.6. The zero-order valence-electron chi connectivity index (χ0n) is 19.0. The standard InChI is InChI=1S/C27H26ClN3O4/c28-22-13-7-6-11-20(22)14-23(25(29)32)30-26(33)24-15-19-10-4-5-12-21(19)16-31(24)27(34)35-17-18-8-2-1-3-9-18/h1-13,23-24H,14-17H2,(H2,29,32)(H,30,33)/t23-,24+/m1/s1. The van der Waals surface area contributed by atoms with Crippen molar-refractivity contribution in [3.63, 3.8) is 0 Å². The van der Waals surface area contributed by atoms with Crippen LogP contribution in [-0.4, -0.2) is 34.9 Å². The van der Waals surface area contributed by atoms with Crippen molar-refractivity contribution < 1.29 is 19.1 Å². The quantitative estimate of drug-likeness (QED) is 0.527. The van der Waals surface area contributed by atoms with Crippen molar-refractivity contribution in [1.82, 2.24) is 10.2 Å². The van der Waals surface area contributed by atoms with Crippen LogP contribution in [0.4, 0.5) is 4.79 Å². The molecule has 3 amide bonds. The number of hydrogen-bond acceptors (Lipinski definition) is 4. The molecule has 4 rings (SSSR count). The zero-order chi connectivity index (χ0) is 24.8. The van der Waals surface area contributed by atoms with Crippen LogP contribution in [0.2, 0.25) is 5.02 Å². The smallest absolute Gasteiger partial charge is 0.411 e. The molecular weight excluding hydrogens is 466 g/mol. The van der Waals surface area contributed by atoms with Gasteiger partial charge in [-0.05, 0) is 28.3 Å². The fourth-order valence-electron chi connectivity index (χ4n) is 4.13. The van der Waals surface area contributed by atoms with Crippen LogP contribution < -0.4 is 11.1 Å². The van der Waals surface area contributed by atoms with E-state index in [1.54, 1.807) is 24.3 Å². The van der Waals surface area contributed by atoms with Crippen LogP contribution in [0.1, 0.15) is 22.3 Å². The number of carbonyl (C=O) groups is 3. The lowest BCUT2D eigenvalue weighted by molar-refractivity contribution is -0.131. The molecule has 180 valence electrons. The second-order valence-electron chi connectivity index (χ2n) is 8.42. The summed E-state index contributed by atoms with van der Waals surface area (Å²) >= 11 is 6.23. The molecule has 1 aliphatic rings. The third kappa shape index (κ3) is 6.00. The number of fused-ring (bicyclic) bond motifs is 1. The molecule has 3 N–H and O–H groups in total. The second-order valence-corrected chi connectivity index (χ2v) is 8.82. The Morgan fingerprint density at radius 1 is 0.971 bits per heavy atom. The van der Waals surface area contributed by atoms with Crippen LogP contribution in [0.15, 0.2) is 78.9 Å². The van der Waals surface area contributed by atoms with Crippen LogP contribution in [-0.2, 0) is 40.3 Å². The third-order valence-corrected chi connectivity index (χ3v) is 6.40. The number of nitrogens with two attached hydrogens (primary N) is 1. The number of carbonyl (C=O) groups excluding carboxylic acids is 3. The molecule has 0 fully saturated rings. The number of primary amides is 1. The SMILES string of the molecule is NC(=O)[C@@H](Cc1ccccc1Cl)NC(=O)[C@@H]1Cc2ccccc2CN1C(=O)OCc1ccccc1. The minimum atomic E-state index is -0.984. The number of halogens is 1. The van der Waals surface area contributed by atoms with Crippen molar-refractivity contribution in [2.24, 2.45) is 5.73 Å². The molecule has 0 spiro atoms. The fraction of sp³-hybridized carbons (Fsp3) is 0.222. The van der Waals surface area contributed by atoms with E-state index < -0.39 is 30.0 Å². The van der Waals surface area contributed by atoms with Gasteiger partial charge in [-0.15, -0.1) is 0 Å². The number of ether oxygens (including phenoxy) is 1. The first-order valence-corrected chi connectivity index (χ1v) is 11.7. The Hall–Kier alpha value is -3.84. The van der Waals surface area contributed by atoms with Gasteiger partial charge in [0.05, 0.1) is 6.54 Å². The second kappa shape index (κ2) is 11.1. The Labute approximate surface area is 208 Å². The first-order valence-electron chi connectivity index (χ1n) is 11.3. The van der Waals surface area contributed by atoms with Gasteiger partial charge < -0.3 is 15.8 Å². The van der Waals surface area contributed by atoms with Crippen LogP contribution in [0.25, 0.3) is 0 Å². The predicted octanol–water partition coefficient (Wildman–Crippen LogP) is 3.62. The molecule has 0 saturated heterocycles. The largest absolute Gasteiger partial charge is 0.445 e. The summed E-state index contributed by atoms with van der Waals surface area (Å²) in [7, 11) is 0. The predicted molar refractivity (Wildman–Crippen MR) is 132 cm³/mol. The lowest BCUT2D eigenvalue weighted by Crippen LogP contribution is -2.56. The van der Waals surface area contributed by atoms with E-state index in [9.17, 15) is 14.4 Å².